The summed E-state index contributed by atoms with van der Waals surface area (Å²) in [4.78, 5) is 17.6. The molecule has 0 spiro atoms. The number of ether oxygens (including phenoxy) is 5. The van der Waals surface area contributed by atoms with Crippen LogP contribution in [0, 0.1) is 0 Å². The quantitative estimate of drug-likeness (QED) is 0.0748. The molecular weight excluding hydrogens is 703 g/mol. The molecule has 2 aromatic rings. The van der Waals surface area contributed by atoms with Gasteiger partial charge in [0, 0.05) is 16.2 Å². The molecule has 1 amide bonds. The second kappa shape index (κ2) is 16.2. The van der Waals surface area contributed by atoms with E-state index < -0.39 is 67.1 Å². The summed E-state index contributed by atoms with van der Waals surface area (Å²) in [6.45, 7) is 3.01. The van der Waals surface area contributed by atoms with Crippen LogP contribution in [0.2, 0.25) is 10.0 Å². The molecular formula is C33H38Cl2N2O13. The highest BCUT2D eigenvalue weighted by molar-refractivity contribution is 6.36. The number of nitrogens with one attached hydrogen (secondary N) is 1. The van der Waals surface area contributed by atoms with Gasteiger partial charge in [0.2, 0.25) is 12.2 Å². The summed E-state index contributed by atoms with van der Waals surface area (Å²) in [6.07, 6.45) is -6.76. The lowest BCUT2D eigenvalue weighted by Gasteiger charge is -2.41. The average molecular weight is 742 g/mol. The number of fused-ring (bicyclic) bond motifs is 1. The fraction of sp³-hybridized carbons (Fsp3) is 0.455. The van der Waals surface area contributed by atoms with E-state index in [1.165, 1.54) is 50.6 Å². The summed E-state index contributed by atoms with van der Waals surface area (Å²) in [6, 6.07) is 6.10. The van der Waals surface area contributed by atoms with Crippen LogP contribution in [0.5, 0.6) is 17.2 Å². The first-order valence-electron chi connectivity index (χ1n) is 15.4. The minimum absolute atomic E-state index is 0.0105. The number of benzene rings is 2. The van der Waals surface area contributed by atoms with Crippen molar-refractivity contribution in [3.05, 3.63) is 68.7 Å². The maximum atomic E-state index is 12.9. The SMILES string of the molecule is CON=Cc1cc(Cl)cc(Cl)c1OC/C=C(/C)[C@H]1O[C@@H](Oc2ccc(/C=C(\C)C(=O)N[C@@H]3[C@H](O)[C@@H](O)[C@H]4OCO[C@H]4[C@@H]3O)cc2O)[C@@H](O)[C@@H]1O. The molecule has 17 heteroatoms. The number of amides is 1. The van der Waals surface area contributed by atoms with E-state index in [0.29, 0.717) is 27.5 Å². The molecule has 1 aliphatic carbocycles. The van der Waals surface area contributed by atoms with Crippen LogP contribution < -0.4 is 14.8 Å². The van der Waals surface area contributed by atoms with Crippen molar-refractivity contribution in [2.75, 3.05) is 20.5 Å². The van der Waals surface area contributed by atoms with E-state index in [4.69, 9.17) is 51.7 Å². The second-order valence-corrected chi connectivity index (χ2v) is 12.8. The van der Waals surface area contributed by atoms with Crippen molar-refractivity contribution in [3.63, 3.8) is 0 Å². The first kappa shape index (κ1) is 37.8. The summed E-state index contributed by atoms with van der Waals surface area (Å²) in [7, 11) is 1.39. The van der Waals surface area contributed by atoms with Crippen LogP contribution in [0.4, 0.5) is 0 Å². The van der Waals surface area contributed by atoms with E-state index in [-0.39, 0.29) is 35.5 Å². The van der Waals surface area contributed by atoms with Crippen LogP contribution in [-0.4, -0.2) is 124 Å². The largest absolute Gasteiger partial charge is 0.504 e. The number of hydrogen-bond donors (Lipinski definition) is 7. The van der Waals surface area contributed by atoms with Crippen molar-refractivity contribution in [2.45, 2.75) is 75.0 Å². The molecule has 0 aromatic heterocycles. The van der Waals surface area contributed by atoms with Crippen LogP contribution in [0.25, 0.3) is 6.08 Å². The van der Waals surface area contributed by atoms with Crippen LogP contribution in [0.15, 0.2) is 52.7 Å². The lowest BCUT2D eigenvalue weighted by Crippen LogP contribution is -2.67. The van der Waals surface area contributed by atoms with Crippen LogP contribution in [0.1, 0.15) is 25.0 Å². The van der Waals surface area contributed by atoms with Gasteiger partial charge in [-0.3, -0.25) is 4.79 Å². The van der Waals surface area contributed by atoms with Gasteiger partial charge in [0.25, 0.3) is 0 Å². The smallest absolute Gasteiger partial charge is 0.247 e. The topological polar surface area (TPSA) is 218 Å². The van der Waals surface area contributed by atoms with Gasteiger partial charge in [0.15, 0.2) is 11.5 Å². The minimum Gasteiger partial charge on any atom is -0.504 e. The number of carbonyl (C=O) groups is 1. The van der Waals surface area contributed by atoms with Gasteiger partial charge in [-0.05, 0) is 61.4 Å². The van der Waals surface area contributed by atoms with Crippen LogP contribution >= 0.6 is 23.2 Å². The van der Waals surface area contributed by atoms with E-state index in [1.54, 1.807) is 19.1 Å². The van der Waals surface area contributed by atoms with Crippen LogP contribution in [0.3, 0.4) is 0 Å². The number of phenols is 1. The fourth-order valence-electron chi connectivity index (χ4n) is 5.82. The Bertz CT molecular complexity index is 1640. The normalized spacial score (nSPS) is 31.5. The zero-order chi connectivity index (χ0) is 36.3. The summed E-state index contributed by atoms with van der Waals surface area (Å²) < 4.78 is 27.8. The Morgan fingerprint density at radius 3 is 2.42 bits per heavy atom. The number of nitrogens with zero attached hydrogens (tertiary/aromatic N) is 1. The van der Waals surface area contributed by atoms with Gasteiger partial charge in [-0.2, -0.15) is 0 Å². The number of aliphatic hydroxyl groups excluding tert-OH is 5. The van der Waals surface area contributed by atoms with Gasteiger partial charge in [0.1, 0.15) is 75.1 Å². The molecule has 15 nitrogen and oxygen atoms in total. The monoisotopic (exact) mass is 740 g/mol. The van der Waals surface area contributed by atoms with Gasteiger partial charge >= 0.3 is 0 Å². The predicted molar refractivity (Wildman–Crippen MR) is 178 cm³/mol. The number of halogens is 2. The number of carbonyl (C=O) groups excluding carboxylic acids is 1. The summed E-state index contributed by atoms with van der Waals surface area (Å²) in [5.74, 6) is -0.761. The molecule has 10 atom stereocenters. The molecule has 7 N–H and O–H groups in total. The Hall–Kier alpha value is -3.48. The van der Waals surface area contributed by atoms with Gasteiger partial charge in [0.05, 0.1) is 17.3 Å². The van der Waals surface area contributed by atoms with Crippen molar-refractivity contribution in [2.24, 2.45) is 5.16 Å². The van der Waals surface area contributed by atoms with Gasteiger partial charge in [-0.25, -0.2) is 0 Å². The maximum absolute atomic E-state index is 12.9. The van der Waals surface area contributed by atoms with Crippen molar-refractivity contribution in [1.82, 2.24) is 5.32 Å². The van der Waals surface area contributed by atoms with E-state index >= 15 is 0 Å². The number of rotatable bonds is 11. The van der Waals surface area contributed by atoms with E-state index in [1.807, 2.05) is 0 Å². The number of aliphatic hydroxyl groups is 5. The Morgan fingerprint density at radius 2 is 1.72 bits per heavy atom. The minimum atomic E-state index is -1.51. The Kier molecular flexibility index (Phi) is 12.3. The summed E-state index contributed by atoms with van der Waals surface area (Å²) in [5.41, 5.74) is 1.54. The van der Waals surface area contributed by atoms with Gasteiger partial charge in [-0.1, -0.05) is 34.4 Å². The zero-order valence-corrected chi connectivity index (χ0v) is 28.6. The van der Waals surface area contributed by atoms with E-state index in [0.717, 1.165) is 0 Å². The molecule has 2 aliphatic heterocycles. The standard InChI is InChI=1S/C33H38Cl2N2O13/c1-14(6-7-46-29-17(12-36-45-3)10-18(34)11-19(29)35)28-26(42)27(43)33(50-28)49-21-5-4-16(9-20(21)38)8-15(2)32(44)37-22-23(39)25(41)31-30(24(22)40)47-13-48-31/h4-6,8-12,22-28,30-31,33,38-43H,7,13H2,1-3H3,(H,37,44)/b14-6-,15-8+,36-12?/t22-,23+,24-,25-,26+,27+,28-,30+,31-,33-/m1/s1. The second-order valence-electron chi connectivity index (χ2n) is 11.9. The molecule has 3 aliphatic rings. The number of aromatic hydroxyl groups is 1. The third-order valence-electron chi connectivity index (χ3n) is 8.50. The Morgan fingerprint density at radius 1 is 1.00 bits per heavy atom. The number of oxime groups is 1. The molecule has 0 bridgehead atoms. The molecule has 272 valence electrons. The highest BCUT2D eigenvalue weighted by atomic mass is 35.5. The van der Waals surface area contributed by atoms with Crippen LogP contribution in [-0.2, 0) is 23.8 Å². The molecule has 0 radical (unpaired) electrons. The fourth-order valence-corrected chi connectivity index (χ4v) is 6.38. The molecule has 2 heterocycles. The molecule has 1 saturated carbocycles. The Balaban J connectivity index is 1.19. The number of phenolic OH excluding ortho intramolecular Hbond substituents is 1. The molecule has 5 rings (SSSR count). The van der Waals surface area contributed by atoms with Crippen molar-refractivity contribution >= 4 is 41.4 Å². The molecule has 2 saturated heterocycles. The van der Waals surface area contributed by atoms with E-state index in [9.17, 15) is 35.4 Å². The lowest BCUT2D eigenvalue weighted by atomic mass is 9.83. The average Bonchev–Trinajstić information content (AvgIpc) is 3.68. The predicted octanol–water partition coefficient (Wildman–Crippen LogP) is 1.26. The van der Waals surface area contributed by atoms with Crippen molar-refractivity contribution in [1.29, 1.82) is 0 Å². The summed E-state index contributed by atoms with van der Waals surface area (Å²) in [5, 5.41) is 70.4. The van der Waals surface area contributed by atoms with Gasteiger partial charge in [-0.15, -0.1) is 0 Å². The van der Waals surface area contributed by atoms with Gasteiger partial charge < -0.3 is 64.5 Å². The van der Waals surface area contributed by atoms with E-state index in [2.05, 4.69) is 10.5 Å². The molecule has 0 unspecified atom stereocenters. The van der Waals surface area contributed by atoms with Crippen molar-refractivity contribution < 1.29 is 64.0 Å². The molecule has 3 fully saturated rings. The zero-order valence-electron chi connectivity index (χ0n) is 27.1. The lowest BCUT2D eigenvalue weighted by molar-refractivity contribution is -0.155. The highest BCUT2D eigenvalue weighted by Crippen LogP contribution is 2.35. The third kappa shape index (κ3) is 8.18. The highest BCUT2D eigenvalue weighted by Gasteiger charge is 2.53. The number of hydrogen-bond acceptors (Lipinski definition) is 14. The van der Waals surface area contributed by atoms with Crippen molar-refractivity contribution in [3.8, 4) is 17.2 Å². The molecule has 2 aromatic carbocycles. The Labute approximate surface area is 296 Å². The maximum Gasteiger partial charge on any atom is 0.247 e. The first-order chi connectivity index (χ1) is 23.8. The summed E-state index contributed by atoms with van der Waals surface area (Å²) >= 11 is 12.4. The molecule has 50 heavy (non-hydrogen) atoms. The third-order valence-corrected chi connectivity index (χ3v) is 9.00. The first-order valence-corrected chi connectivity index (χ1v) is 16.2.